The van der Waals surface area contributed by atoms with Gasteiger partial charge in [0, 0.05) is 5.69 Å². The third-order valence-corrected chi connectivity index (χ3v) is 4.89. The van der Waals surface area contributed by atoms with Crippen molar-refractivity contribution in [2.24, 2.45) is 0 Å². The fourth-order valence-corrected chi connectivity index (χ4v) is 3.36. The van der Waals surface area contributed by atoms with Crippen LogP contribution in [0.4, 0.5) is 10.1 Å². The normalized spacial score (nSPS) is 18.5. The summed E-state index contributed by atoms with van der Waals surface area (Å²) in [5, 5.41) is 0. The Morgan fingerprint density at radius 1 is 0.857 bits per heavy atom. The van der Waals surface area contributed by atoms with Crippen LogP contribution in [0.2, 0.25) is 0 Å². The molecule has 0 bridgehead atoms. The summed E-state index contributed by atoms with van der Waals surface area (Å²) in [6.07, 6.45) is -0.652. The van der Waals surface area contributed by atoms with Crippen molar-refractivity contribution in [2.45, 2.75) is 19.1 Å². The molecule has 2 atom stereocenters. The Bertz CT molecular complexity index is 968. The molecule has 1 aliphatic heterocycles. The van der Waals surface area contributed by atoms with Crippen LogP contribution in [0.5, 0.6) is 11.5 Å². The summed E-state index contributed by atoms with van der Waals surface area (Å²) in [4.78, 5) is 14.6. The van der Waals surface area contributed by atoms with E-state index in [4.69, 9.17) is 9.47 Å². The van der Waals surface area contributed by atoms with Gasteiger partial charge in [0.25, 0.3) is 5.91 Å². The van der Waals surface area contributed by atoms with Gasteiger partial charge in [0.05, 0.1) is 7.11 Å². The Morgan fingerprint density at radius 3 is 2.07 bits per heavy atom. The van der Waals surface area contributed by atoms with E-state index in [1.807, 2.05) is 31.2 Å². The number of anilines is 1. The first-order valence-electron chi connectivity index (χ1n) is 9.03. The number of nitrogens with zero attached hydrogens (tertiary/aromatic N) is 1. The molecule has 28 heavy (non-hydrogen) atoms. The molecule has 0 spiro atoms. The Morgan fingerprint density at radius 2 is 1.46 bits per heavy atom. The van der Waals surface area contributed by atoms with Crippen LogP contribution in [0.1, 0.15) is 17.2 Å². The number of carbonyl (C=O) groups is 1. The molecule has 0 aromatic heterocycles. The third-order valence-electron chi connectivity index (χ3n) is 4.89. The molecule has 4 nitrogen and oxygen atoms in total. The lowest BCUT2D eigenvalue weighted by atomic mass is 9.89. The van der Waals surface area contributed by atoms with Gasteiger partial charge < -0.3 is 9.47 Å². The number of amides is 1. The van der Waals surface area contributed by atoms with Gasteiger partial charge in [-0.05, 0) is 61.0 Å². The van der Waals surface area contributed by atoms with E-state index in [0.29, 0.717) is 11.4 Å². The number of carbonyl (C=O) groups excluding carboxylic acids is 1. The quantitative estimate of drug-likeness (QED) is 0.606. The second kappa shape index (κ2) is 7.35. The highest BCUT2D eigenvalue weighted by Gasteiger charge is 2.51. The van der Waals surface area contributed by atoms with Gasteiger partial charge >= 0.3 is 0 Å². The van der Waals surface area contributed by atoms with Crippen molar-refractivity contribution >= 4 is 11.6 Å². The van der Waals surface area contributed by atoms with Crippen molar-refractivity contribution in [1.82, 2.24) is 0 Å². The number of aryl methyl sites for hydroxylation is 1. The Hall–Kier alpha value is -3.34. The van der Waals surface area contributed by atoms with Crippen LogP contribution in [0.15, 0.2) is 72.8 Å². The van der Waals surface area contributed by atoms with Crippen LogP contribution in [-0.4, -0.2) is 19.1 Å². The van der Waals surface area contributed by atoms with Crippen LogP contribution in [0, 0.1) is 12.7 Å². The van der Waals surface area contributed by atoms with E-state index < -0.39 is 6.10 Å². The van der Waals surface area contributed by atoms with Crippen molar-refractivity contribution in [3.05, 3.63) is 89.7 Å². The van der Waals surface area contributed by atoms with E-state index in [9.17, 15) is 9.18 Å². The maximum atomic E-state index is 13.3. The molecule has 3 aromatic rings. The molecule has 1 amide bonds. The summed E-state index contributed by atoms with van der Waals surface area (Å²) in [5.41, 5.74) is 2.75. The van der Waals surface area contributed by atoms with E-state index in [1.165, 1.54) is 12.1 Å². The average Bonchev–Trinajstić information content (AvgIpc) is 2.72. The Balaban J connectivity index is 1.65. The van der Waals surface area contributed by atoms with Crippen LogP contribution in [0.25, 0.3) is 0 Å². The number of β-lactam (4-membered cyclic amide) rings is 1. The number of halogens is 1. The molecule has 142 valence electrons. The van der Waals surface area contributed by atoms with Crippen molar-refractivity contribution in [3.8, 4) is 11.5 Å². The van der Waals surface area contributed by atoms with Crippen molar-refractivity contribution in [1.29, 1.82) is 0 Å². The summed E-state index contributed by atoms with van der Waals surface area (Å²) >= 11 is 0. The molecule has 0 N–H and O–H groups in total. The SMILES string of the molecule is COc1ccc(O[C@H]2C(=O)N(c3ccc(F)cc3)[C@H]2c2ccc(C)cc2)cc1. The first-order chi connectivity index (χ1) is 13.6. The van der Waals surface area contributed by atoms with Gasteiger partial charge in [-0.3, -0.25) is 9.69 Å². The summed E-state index contributed by atoms with van der Waals surface area (Å²) in [7, 11) is 1.60. The molecule has 1 aliphatic rings. The van der Waals surface area contributed by atoms with Gasteiger partial charge in [0.2, 0.25) is 6.10 Å². The zero-order valence-corrected chi connectivity index (χ0v) is 15.6. The maximum Gasteiger partial charge on any atom is 0.271 e. The van der Waals surface area contributed by atoms with Gasteiger partial charge in [0.15, 0.2) is 0 Å². The topological polar surface area (TPSA) is 38.8 Å². The molecular weight excluding hydrogens is 357 g/mol. The number of ether oxygens (including phenoxy) is 2. The lowest BCUT2D eigenvalue weighted by molar-refractivity contribution is -0.135. The van der Waals surface area contributed by atoms with Gasteiger partial charge in [-0.1, -0.05) is 29.8 Å². The predicted octanol–water partition coefficient (Wildman–Crippen LogP) is 4.68. The number of hydrogen-bond donors (Lipinski definition) is 0. The highest BCUT2D eigenvalue weighted by molar-refractivity contribution is 6.05. The number of benzene rings is 3. The first kappa shape index (κ1) is 18.0. The Labute approximate surface area is 163 Å². The first-order valence-corrected chi connectivity index (χ1v) is 9.03. The molecule has 1 fully saturated rings. The zero-order valence-electron chi connectivity index (χ0n) is 15.6. The highest BCUT2D eigenvalue weighted by atomic mass is 19.1. The molecular formula is C23H20FNO3. The molecule has 5 heteroatoms. The van der Waals surface area contributed by atoms with Crippen LogP contribution in [0.3, 0.4) is 0 Å². The van der Waals surface area contributed by atoms with Gasteiger partial charge in [-0.15, -0.1) is 0 Å². The Kier molecular flexibility index (Phi) is 4.74. The molecule has 1 saturated heterocycles. The molecule has 0 aliphatic carbocycles. The van der Waals surface area contributed by atoms with Crippen molar-refractivity contribution < 1.29 is 18.7 Å². The average molecular weight is 377 g/mol. The maximum absolute atomic E-state index is 13.3. The number of rotatable bonds is 5. The number of methoxy groups -OCH3 is 1. The minimum atomic E-state index is -0.652. The van der Waals surface area contributed by atoms with Gasteiger partial charge in [-0.25, -0.2) is 4.39 Å². The largest absolute Gasteiger partial charge is 0.497 e. The highest BCUT2D eigenvalue weighted by Crippen LogP contribution is 2.41. The van der Waals surface area contributed by atoms with E-state index in [-0.39, 0.29) is 17.8 Å². The lowest BCUT2D eigenvalue weighted by Crippen LogP contribution is -2.61. The summed E-state index contributed by atoms with van der Waals surface area (Å²) in [6.45, 7) is 2.01. The standard InChI is InChI=1S/C23H20FNO3/c1-15-3-5-16(6-4-15)21-22(28-20-13-11-19(27-2)12-14-20)23(26)25(21)18-9-7-17(24)8-10-18/h3-14,21-22H,1-2H3/t21-,22+/m0/s1. The fourth-order valence-electron chi connectivity index (χ4n) is 3.36. The van der Waals surface area contributed by atoms with Gasteiger partial charge in [0.1, 0.15) is 23.4 Å². The second-order valence-electron chi connectivity index (χ2n) is 6.75. The van der Waals surface area contributed by atoms with E-state index >= 15 is 0 Å². The zero-order chi connectivity index (χ0) is 19.7. The molecule has 1 heterocycles. The third kappa shape index (κ3) is 3.31. The second-order valence-corrected chi connectivity index (χ2v) is 6.75. The summed E-state index contributed by atoms with van der Waals surface area (Å²) < 4.78 is 24.5. The van der Waals surface area contributed by atoms with Crippen LogP contribution >= 0.6 is 0 Å². The van der Waals surface area contributed by atoms with Gasteiger partial charge in [-0.2, -0.15) is 0 Å². The molecule has 3 aromatic carbocycles. The molecule has 4 rings (SSSR count). The van der Waals surface area contributed by atoms with E-state index in [0.717, 1.165) is 16.9 Å². The minimum absolute atomic E-state index is 0.159. The smallest absolute Gasteiger partial charge is 0.271 e. The summed E-state index contributed by atoms with van der Waals surface area (Å²) in [5.74, 6) is 0.813. The summed E-state index contributed by atoms with van der Waals surface area (Å²) in [6, 6.07) is 20.8. The minimum Gasteiger partial charge on any atom is -0.497 e. The number of hydrogen-bond acceptors (Lipinski definition) is 3. The molecule has 0 saturated carbocycles. The molecule has 0 unspecified atom stereocenters. The van der Waals surface area contributed by atoms with Crippen LogP contribution < -0.4 is 14.4 Å². The van der Waals surface area contributed by atoms with Crippen molar-refractivity contribution in [3.63, 3.8) is 0 Å². The van der Waals surface area contributed by atoms with Crippen molar-refractivity contribution in [2.75, 3.05) is 12.0 Å². The fraction of sp³-hybridized carbons (Fsp3) is 0.174. The lowest BCUT2D eigenvalue weighted by Gasteiger charge is -2.46. The van der Waals surface area contributed by atoms with Crippen LogP contribution in [-0.2, 0) is 4.79 Å². The van der Waals surface area contributed by atoms with E-state index in [1.54, 1.807) is 48.4 Å². The molecule has 0 radical (unpaired) electrons. The monoisotopic (exact) mass is 377 g/mol. The predicted molar refractivity (Wildman–Crippen MR) is 105 cm³/mol. The van der Waals surface area contributed by atoms with E-state index in [2.05, 4.69) is 0 Å².